The summed E-state index contributed by atoms with van der Waals surface area (Å²) in [6.45, 7) is 3.25. The van der Waals surface area contributed by atoms with Crippen LogP contribution in [0.25, 0.3) is 0 Å². The fraction of sp³-hybridized carbons (Fsp3) is 0.600. The molecule has 15 heavy (non-hydrogen) atoms. The number of nitriles is 2. The van der Waals surface area contributed by atoms with Crippen LogP contribution in [0.2, 0.25) is 0 Å². The summed E-state index contributed by atoms with van der Waals surface area (Å²) in [5.74, 6) is -1.14. The topological polar surface area (TPSA) is 93.8 Å². The highest BCUT2D eigenvalue weighted by atomic mass is 16.2. The second-order valence-corrected chi connectivity index (χ2v) is 4.62. The number of amides is 2. The van der Waals surface area contributed by atoms with E-state index in [9.17, 15) is 9.59 Å². The lowest BCUT2D eigenvalue weighted by Crippen LogP contribution is -2.77. The molecule has 0 unspecified atom stereocenters. The SMILES string of the molecule is CC1(C)[C@]2(C#N)C[C@]1(C#N)C(=O)NC2=O. The molecule has 1 aliphatic carbocycles. The number of nitrogens with zero attached hydrogens (tertiary/aromatic N) is 2. The molecule has 3 fully saturated rings. The minimum atomic E-state index is -1.23. The molecule has 3 rings (SSSR count). The smallest absolute Gasteiger partial charge is 0.247 e. The Balaban J connectivity index is 2.64. The normalized spacial score (nSPS) is 40.8. The van der Waals surface area contributed by atoms with Crippen LogP contribution < -0.4 is 5.32 Å². The number of hydrogen-bond donors (Lipinski definition) is 1. The first-order valence-electron chi connectivity index (χ1n) is 4.56. The summed E-state index contributed by atoms with van der Waals surface area (Å²) in [5, 5.41) is 20.2. The number of carbonyl (C=O) groups excluding carboxylic acids is 2. The largest absolute Gasteiger partial charge is 0.294 e. The lowest BCUT2D eigenvalue weighted by atomic mass is 9.36. The molecule has 0 aromatic rings. The summed E-state index contributed by atoms with van der Waals surface area (Å²) < 4.78 is 0. The molecule has 2 atom stereocenters. The standard InChI is InChI=1S/C10H9N3O2/c1-8(2)9(4-11)3-10(8,5-12)7(15)13-6(9)14/h3H2,1-2H3,(H,13,14,15)/t9-,10-/m0/s1. The van der Waals surface area contributed by atoms with Gasteiger partial charge in [-0.3, -0.25) is 14.9 Å². The van der Waals surface area contributed by atoms with Crippen LogP contribution in [0.1, 0.15) is 20.3 Å². The number of hydrogen-bond acceptors (Lipinski definition) is 4. The molecule has 0 aromatic heterocycles. The first-order chi connectivity index (χ1) is 6.88. The van der Waals surface area contributed by atoms with E-state index in [-0.39, 0.29) is 6.42 Å². The number of fused-ring (bicyclic) bond motifs is 2. The molecule has 3 aliphatic rings. The number of rotatable bonds is 0. The van der Waals surface area contributed by atoms with Crippen molar-refractivity contribution in [2.45, 2.75) is 20.3 Å². The lowest BCUT2D eigenvalue weighted by Gasteiger charge is -2.63. The number of nitrogens with one attached hydrogen (secondary N) is 1. The van der Waals surface area contributed by atoms with Crippen molar-refractivity contribution in [2.24, 2.45) is 16.2 Å². The van der Waals surface area contributed by atoms with Crippen molar-refractivity contribution in [1.82, 2.24) is 5.32 Å². The molecule has 0 radical (unpaired) electrons. The Labute approximate surface area is 86.7 Å². The van der Waals surface area contributed by atoms with Gasteiger partial charge in [-0.2, -0.15) is 10.5 Å². The first-order valence-corrected chi connectivity index (χ1v) is 4.56. The summed E-state index contributed by atoms with van der Waals surface area (Å²) in [7, 11) is 0. The maximum Gasteiger partial charge on any atom is 0.247 e. The van der Waals surface area contributed by atoms with Crippen LogP contribution in [-0.4, -0.2) is 11.8 Å². The third kappa shape index (κ3) is 0.638. The van der Waals surface area contributed by atoms with Gasteiger partial charge < -0.3 is 0 Å². The van der Waals surface area contributed by atoms with Crippen molar-refractivity contribution in [3.8, 4) is 12.1 Å². The molecule has 2 saturated heterocycles. The van der Waals surface area contributed by atoms with Gasteiger partial charge in [0.25, 0.3) is 0 Å². The van der Waals surface area contributed by atoms with Gasteiger partial charge in [-0.15, -0.1) is 0 Å². The number of imide groups is 1. The summed E-state index contributed by atoms with van der Waals surface area (Å²) >= 11 is 0. The highest BCUT2D eigenvalue weighted by Crippen LogP contribution is 2.69. The first kappa shape index (κ1) is 9.67. The molecule has 0 aromatic carbocycles. The zero-order valence-electron chi connectivity index (χ0n) is 8.42. The highest BCUT2D eigenvalue weighted by Gasteiger charge is 2.80. The van der Waals surface area contributed by atoms with E-state index in [1.807, 2.05) is 12.1 Å². The average molecular weight is 203 g/mol. The van der Waals surface area contributed by atoms with Gasteiger partial charge >= 0.3 is 0 Å². The molecule has 5 heteroatoms. The lowest BCUT2D eigenvalue weighted by molar-refractivity contribution is -0.191. The molecule has 1 N–H and O–H groups in total. The zero-order valence-corrected chi connectivity index (χ0v) is 8.42. The van der Waals surface area contributed by atoms with E-state index in [2.05, 4.69) is 5.32 Å². The summed E-state index contributed by atoms with van der Waals surface area (Å²) in [6, 6.07) is 3.90. The predicted octanol–water partition coefficient (Wildman–Crippen LogP) is 0.0927. The second kappa shape index (κ2) is 2.20. The quantitative estimate of drug-likeness (QED) is 0.564. The van der Waals surface area contributed by atoms with E-state index in [1.54, 1.807) is 13.8 Å². The Hall–Kier alpha value is -1.88. The van der Waals surface area contributed by atoms with Gasteiger partial charge in [-0.05, 0) is 0 Å². The Kier molecular flexibility index (Phi) is 1.42. The third-order valence-corrected chi connectivity index (χ3v) is 4.05. The van der Waals surface area contributed by atoms with Crippen molar-refractivity contribution >= 4 is 11.8 Å². The number of piperidine rings is 2. The Morgan fingerprint density at radius 2 is 1.53 bits per heavy atom. The predicted molar refractivity (Wildman–Crippen MR) is 47.6 cm³/mol. The van der Waals surface area contributed by atoms with Gasteiger partial charge in [0.15, 0.2) is 0 Å². The van der Waals surface area contributed by atoms with Gasteiger partial charge in [-0.25, -0.2) is 0 Å². The van der Waals surface area contributed by atoms with Gasteiger partial charge in [0.05, 0.1) is 12.1 Å². The average Bonchev–Trinajstić information content (AvgIpc) is 2.17. The van der Waals surface area contributed by atoms with E-state index in [0.29, 0.717) is 0 Å². The summed E-state index contributed by atoms with van der Waals surface area (Å²) in [4.78, 5) is 23.2. The highest BCUT2D eigenvalue weighted by molar-refractivity contribution is 6.10. The number of carbonyl (C=O) groups is 2. The summed E-state index contributed by atoms with van der Waals surface area (Å²) in [5.41, 5.74) is -3.36. The minimum Gasteiger partial charge on any atom is -0.294 e. The van der Waals surface area contributed by atoms with Crippen LogP contribution in [-0.2, 0) is 9.59 Å². The molecule has 5 nitrogen and oxygen atoms in total. The van der Waals surface area contributed by atoms with Crippen LogP contribution in [0.3, 0.4) is 0 Å². The molecular formula is C10H9N3O2. The van der Waals surface area contributed by atoms with Crippen molar-refractivity contribution in [3.63, 3.8) is 0 Å². The molecule has 76 valence electrons. The molecule has 2 heterocycles. The maximum atomic E-state index is 11.6. The van der Waals surface area contributed by atoms with E-state index in [1.165, 1.54) is 0 Å². The molecule has 2 aliphatic heterocycles. The van der Waals surface area contributed by atoms with Crippen LogP contribution in [0.4, 0.5) is 0 Å². The fourth-order valence-corrected chi connectivity index (χ4v) is 2.60. The minimum absolute atomic E-state index is 0.0185. The molecule has 1 saturated carbocycles. The van der Waals surface area contributed by atoms with Crippen LogP contribution in [0.15, 0.2) is 0 Å². The molecular weight excluding hydrogens is 194 g/mol. The van der Waals surface area contributed by atoms with E-state index in [0.717, 1.165) is 0 Å². The summed E-state index contributed by atoms with van der Waals surface area (Å²) in [6.07, 6.45) is 0.0185. The van der Waals surface area contributed by atoms with E-state index in [4.69, 9.17) is 10.5 Å². The van der Waals surface area contributed by atoms with Crippen LogP contribution >= 0.6 is 0 Å². The zero-order chi connectivity index (χ0) is 11.5. The Morgan fingerprint density at radius 3 is 1.80 bits per heavy atom. The fourth-order valence-electron chi connectivity index (χ4n) is 2.60. The van der Waals surface area contributed by atoms with Crippen molar-refractivity contribution in [3.05, 3.63) is 0 Å². The van der Waals surface area contributed by atoms with Gasteiger partial charge in [0.2, 0.25) is 11.8 Å². The maximum absolute atomic E-state index is 11.6. The van der Waals surface area contributed by atoms with E-state index >= 15 is 0 Å². The van der Waals surface area contributed by atoms with Gasteiger partial charge in [0, 0.05) is 11.8 Å². The Bertz CT molecular complexity index is 428. The van der Waals surface area contributed by atoms with Crippen molar-refractivity contribution < 1.29 is 9.59 Å². The van der Waals surface area contributed by atoms with E-state index < -0.39 is 28.1 Å². The molecule has 2 bridgehead atoms. The van der Waals surface area contributed by atoms with Crippen LogP contribution in [0.5, 0.6) is 0 Å². The molecule has 0 spiro atoms. The Morgan fingerprint density at radius 1 is 1.13 bits per heavy atom. The van der Waals surface area contributed by atoms with Gasteiger partial charge in [-0.1, -0.05) is 13.8 Å². The van der Waals surface area contributed by atoms with Gasteiger partial charge in [0.1, 0.15) is 10.8 Å². The van der Waals surface area contributed by atoms with Crippen molar-refractivity contribution in [2.75, 3.05) is 0 Å². The molecule has 2 amide bonds. The van der Waals surface area contributed by atoms with Crippen LogP contribution in [0, 0.1) is 38.9 Å². The van der Waals surface area contributed by atoms with Crippen molar-refractivity contribution in [1.29, 1.82) is 10.5 Å². The second-order valence-electron chi connectivity index (χ2n) is 4.62. The monoisotopic (exact) mass is 203 g/mol. The third-order valence-electron chi connectivity index (χ3n) is 4.05.